The minimum absolute atomic E-state index is 0. The summed E-state index contributed by atoms with van der Waals surface area (Å²) in [6.07, 6.45) is 0.444. The van der Waals surface area contributed by atoms with Gasteiger partial charge in [0.05, 0.1) is 0 Å². The van der Waals surface area contributed by atoms with Crippen LogP contribution in [-0.2, 0) is 4.79 Å². The van der Waals surface area contributed by atoms with Gasteiger partial charge >= 0.3 is 0 Å². The molecule has 0 radical (unpaired) electrons. The van der Waals surface area contributed by atoms with E-state index in [2.05, 4.69) is 5.73 Å². The number of rotatable bonds is 1. The van der Waals surface area contributed by atoms with Crippen LogP contribution in [0.4, 0.5) is 0 Å². The van der Waals surface area contributed by atoms with Crippen molar-refractivity contribution in [3.8, 4) is 0 Å². The van der Waals surface area contributed by atoms with Crippen LogP contribution >= 0.6 is 0 Å². The second-order valence-corrected chi connectivity index (χ2v) is 0.820. The molecule has 0 spiro atoms. The van der Waals surface area contributed by atoms with Gasteiger partial charge in [0.2, 0.25) is 5.91 Å². The van der Waals surface area contributed by atoms with Crippen LogP contribution in [-0.4, -0.2) is 5.91 Å². The maximum absolute atomic E-state index is 9.59. The third-order valence-corrected chi connectivity index (χ3v) is 0.348. The third kappa shape index (κ3) is 103. The van der Waals surface area contributed by atoms with Gasteiger partial charge in [-0.2, -0.15) is 0 Å². The largest absolute Gasteiger partial charge is 0.370 e. The highest BCUT2D eigenvalue weighted by molar-refractivity contribution is 5.73. The van der Waals surface area contributed by atoms with Gasteiger partial charge in [-0.05, 0) is 0 Å². The Morgan fingerprint density at radius 1 is 1.33 bits per heavy atom. The molecule has 0 unspecified atom stereocenters. The number of primary amides is 1. The maximum atomic E-state index is 9.59. The second-order valence-electron chi connectivity index (χ2n) is 0.820. The highest BCUT2D eigenvalue weighted by Gasteiger charge is 1.77. The molecule has 1 amide bonds. The molecule has 0 atom stereocenters. The van der Waals surface area contributed by atoms with Crippen LogP contribution in [0.1, 0.15) is 42.5 Å². The monoisotopic (exact) mass is 135 g/mol. The first-order valence-corrected chi connectivity index (χ1v) is 3.55. The fourth-order valence-corrected chi connectivity index (χ4v) is 0. The molecule has 0 saturated heterocycles. The minimum atomic E-state index is -0.245. The van der Waals surface area contributed by atoms with Gasteiger partial charge in [-0.1, -0.05) is 34.6 Å². The lowest BCUT2D eigenvalue weighted by Crippen LogP contribution is -2.06. The lowest BCUT2D eigenvalue weighted by molar-refractivity contribution is -0.117. The van der Waals surface area contributed by atoms with Gasteiger partial charge < -0.3 is 5.73 Å². The molecular weight excluding hydrogens is 114 g/mol. The van der Waals surface area contributed by atoms with E-state index in [4.69, 9.17) is 0 Å². The second kappa shape index (κ2) is 26.0. The molecule has 0 aliphatic rings. The molecule has 0 aromatic carbocycles. The van der Waals surface area contributed by atoms with Gasteiger partial charge in [-0.15, -0.1) is 0 Å². The van der Waals surface area contributed by atoms with E-state index in [0.717, 1.165) is 0 Å². The number of hydrogen-bond acceptors (Lipinski definition) is 1. The summed E-state index contributed by atoms with van der Waals surface area (Å²) in [5, 5.41) is 0. The zero-order valence-electron chi connectivity index (χ0n) is 7.19. The molecule has 2 heteroatoms. The van der Waals surface area contributed by atoms with Crippen LogP contribution in [0.15, 0.2) is 0 Å². The fourth-order valence-electron chi connectivity index (χ4n) is 0. The lowest BCUT2D eigenvalue weighted by Gasteiger charge is -1.73. The fraction of sp³-hybridized carbons (Fsp3) is 0.857. The Morgan fingerprint density at radius 3 is 1.44 bits per heavy atom. The van der Waals surface area contributed by atoms with Crippen molar-refractivity contribution in [3.05, 3.63) is 0 Å². The summed E-state index contributed by atoms with van der Waals surface area (Å²) in [6, 6.07) is 0. The zero-order chi connectivity index (χ0) is 8.28. The van der Waals surface area contributed by atoms with E-state index < -0.39 is 0 Å². The third-order valence-electron chi connectivity index (χ3n) is 0.348. The molecule has 0 bridgehead atoms. The minimum Gasteiger partial charge on any atom is -0.370 e. The Balaban J connectivity index is -0.0000000315. The Labute approximate surface area is 59.9 Å². The average Bonchev–Trinajstić information content (AvgIpc) is 1.97. The smallest absolute Gasteiger partial charge is 0.217 e. The van der Waals surface area contributed by atoms with Crippen molar-refractivity contribution in [2.24, 2.45) is 5.73 Å². The molecule has 9 heavy (non-hydrogen) atoms. The first-order chi connectivity index (χ1) is 4.27. The molecule has 0 aromatic rings. The summed E-state index contributed by atoms with van der Waals surface area (Å²) >= 11 is 0. The standard InChI is InChI=1S/C3H7NO.2C2H6.H2/c1-2-3(4)5;2*1-2;/h2H2,1H3,(H2,4,5);2*1-2H3;1H. The predicted octanol–water partition coefficient (Wildman–Crippen LogP) is 2.18. The van der Waals surface area contributed by atoms with Crippen LogP contribution in [0.3, 0.4) is 0 Å². The van der Waals surface area contributed by atoms with Crippen LogP contribution in [0, 0.1) is 0 Å². The number of amides is 1. The predicted molar refractivity (Wildman–Crippen MR) is 44.3 cm³/mol. The Hall–Kier alpha value is -0.530. The topological polar surface area (TPSA) is 43.1 Å². The molecular formula is C7H21NO. The Morgan fingerprint density at radius 2 is 1.44 bits per heavy atom. The van der Waals surface area contributed by atoms with Crippen molar-refractivity contribution in [1.29, 1.82) is 0 Å². The first kappa shape index (κ1) is 15.8. The molecule has 0 heterocycles. The van der Waals surface area contributed by atoms with Crippen LogP contribution in [0.2, 0.25) is 0 Å². The molecule has 0 aromatic heterocycles. The van der Waals surface area contributed by atoms with E-state index in [1.54, 1.807) is 6.92 Å². The first-order valence-electron chi connectivity index (χ1n) is 3.55. The van der Waals surface area contributed by atoms with Crippen molar-refractivity contribution < 1.29 is 6.22 Å². The number of carbonyl (C=O) groups is 1. The molecule has 0 rings (SSSR count). The molecule has 0 aliphatic heterocycles. The summed E-state index contributed by atoms with van der Waals surface area (Å²) in [5.74, 6) is -0.245. The summed E-state index contributed by atoms with van der Waals surface area (Å²) < 4.78 is 0. The molecule has 60 valence electrons. The molecule has 0 saturated carbocycles. The van der Waals surface area contributed by atoms with Gasteiger partial charge in [0.1, 0.15) is 0 Å². The Kier molecular flexibility index (Phi) is 45.6. The van der Waals surface area contributed by atoms with Gasteiger partial charge in [-0.25, -0.2) is 0 Å². The highest BCUT2D eigenvalue weighted by atomic mass is 16.1. The molecule has 2 N–H and O–H groups in total. The number of carbonyl (C=O) groups excluding carboxylic acids is 1. The number of nitrogens with two attached hydrogens (primary N) is 1. The van der Waals surface area contributed by atoms with E-state index in [0.29, 0.717) is 6.42 Å². The summed E-state index contributed by atoms with van der Waals surface area (Å²) in [7, 11) is 0. The van der Waals surface area contributed by atoms with Crippen molar-refractivity contribution in [2.45, 2.75) is 41.0 Å². The summed E-state index contributed by atoms with van der Waals surface area (Å²) in [6.45, 7) is 9.72. The maximum Gasteiger partial charge on any atom is 0.217 e. The normalized spacial score (nSPS) is 5.44. The van der Waals surface area contributed by atoms with Crippen molar-refractivity contribution in [2.75, 3.05) is 0 Å². The van der Waals surface area contributed by atoms with E-state index in [-0.39, 0.29) is 7.33 Å². The highest BCUT2D eigenvalue weighted by Crippen LogP contribution is 1.63. The van der Waals surface area contributed by atoms with E-state index in [9.17, 15) is 4.79 Å². The van der Waals surface area contributed by atoms with Crippen LogP contribution in [0.5, 0.6) is 0 Å². The molecule has 0 aliphatic carbocycles. The van der Waals surface area contributed by atoms with Gasteiger partial charge in [0.25, 0.3) is 0 Å². The van der Waals surface area contributed by atoms with Crippen molar-refractivity contribution in [3.63, 3.8) is 0 Å². The van der Waals surface area contributed by atoms with Gasteiger partial charge in [0.15, 0.2) is 0 Å². The number of hydrogen-bond donors (Lipinski definition) is 1. The molecule has 0 fully saturated rings. The summed E-state index contributed by atoms with van der Waals surface area (Å²) in [5.41, 5.74) is 4.65. The van der Waals surface area contributed by atoms with Gasteiger partial charge in [-0.3, -0.25) is 4.79 Å². The molecule has 2 nitrogen and oxygen atoms in total. The lowest BCUT2D eigenvalue weighted by atomic mass is 10.5. The van der Waals surface area contributed by atoms with Crippen LogP contribution < -0.4 is 5.73 Å². The van der Waals surface area contributed by atoms with Crippen molar-refractivity contribution in [1.82, 2.24) is 0 Å². The van der Waals surface area contributed by atoms with Crippen LogP contribution in [0.25, 0.3) is 0 Å². The SMILES string of the molecule is CC.CC.CCC(N)=O.[HH]. The Bertz CT molecular complexity index is 48.9. The van der Waals surface area contributed by atoms with Gasteiger partial charge in [0, 0.05) is 7.85 Å². The van der Waals surface area contributed by atoms with E-state index >= 15 is 0 Å². The van der Waals surface area contributed by atoms with Crippen molar-refractivity contribution >= 4 is 5.91 Å². The average molecular weight is 135 g/mol. The zero-order valence-corrected chi connectivity index (χ0v) is 7.19. The van der Waals surface area contributed by atoms with E-state index in [1.165, 1.54) is 0 Å². The van der Waals surface area contributed by atoms with E-state index in [1.807, 2.05) is 27.7 Å². The quantitative estimate of drug-likeness (QED) is 0.588. The summed E-state index contributed by atoms with van der Waals surface area (Å²) in [4.78, 5) is 9.59.